The fourth-order valence-electron chi connectivity index (χ4n) is 2.42. The summed E-state index contributed by atoms with van der Waals surface area (Å²) in [5.74, 6) is 0. The summed E-state index contributed by atoms with van der Waals surface area (Å²) in [4.78, 5) is 11.2. The van der Waals surface area contributed by atoms with E-state index in [-0.39, 0.29) is 22.2 Å². The van der Waals surface area contributed by atoms with Crippen LogP contribution in [0.15, 0.2) is 24.0 Å². The molecule has 0 aliphatic carbocycles. The van der Waals surface area contributed by atoms with Crippen molar-refractivity contribution in [3.8, 4) is 0 Å². The number of urea groups is 1. The van der Waals surface area contributed by atoms with E-state index in [4.69, 9.17) is 4.74 Å². The highest BCUT2D eigenvalue weighted by Crippen LogP contribution is 2.40. The Balaban J connectivity index is 2.08. The quantitative estimate of drug-likeness (QED) is 0.366. The minimum absolute atomic E-state index is 0.0707. The summed E-state index contributed by atoms with van der Waals surface area (Å²) in [6.07, 6.45) is 6.63. The lowest BCUT2D eigenvalue weighted by molar-refractivity contribution is 0.0202. The fraction of sp³-hybridized carbons (Fsp3) is 0.571. The van der Waals surface area contributed by atoms with Crippen LogP contribution >= 0.6 is 29.5 Å². The summed E-state index contributed by atoms with van der Waals surface area (Å²) in [6.45, 7) is 7.08. The van der Waals surface area contributed by atoms with Gasteiger partial charge in [0, 0.05) is 17.5 Å². The van der Waals surface area contributed by atoms with Crippen LogP contribution in [0.3, 0.4) is 0 Å². The second-order valence-electron chi connectivity index (χ2n) is 6.15. The summed E-state index contributed by atoms with van der Waals surface area (Å²) in [5.41, 5.74) is 1.32. The number of hydrogen-bond acceptors (Lipinski definition) is 3. The maximum absolute atomic E-state index is 11.2. The molecule has 0 radical (unpaired) electrons. The van der Waals surface area contributed by atoms with Crippen molar-refractivity contribution in [2.45, 2.75) is 28.7 Å². The number of hydrogen-bond donors (Lipinski definition) is 3. The van der Waals surface area contributed by atoms with Gasteiger partial charge in [-0.05, 0) is 25.9 Å². The first-order valence-electron chi connectivity index (χ1n) is 6.81. The average Bonchev–Trinajstić information content (AvgIpc) is 2.64. The molecule has 2 aliphatic rings. The van der Waals surface area contributed by atoms with E-state index in [2.05, 4.69) is 59.4 Å². The van der Waals surface area contributed by atoms with Crippen molar-refractivity contribution in [1.29, 1.82) is 0 Å². The lowest BCUT2D eigenvalue weighted by atomic mass is 10.0. The van der Waals surface area contributed by atoms with E-state index < -0.39 is 13.0 Å². The molecule has 2 unspecified atom stereocenters. The molecule has 2 amide bonds. The number of nitrogens with one attached hydrogen (secondary N) is 2. The Morgan fingerprint density at radius 3 is 2.76 bits per heavy atom. The Labute approximate surface area is 139 Å². The first kappa shape index (κ1) is 17.1. The van der Waals surface area contributed by atoms with Crippen LogP contribution in [0, 0.1) is 0 Å². The molecule has 2 rings (SSSR count). The maximum Gasteiger partial charge on any atom is 0.323 e. The number of amides is 2. The molecule has 0 aromatic carbocycles. The normalized spacial score (nSPS) is 33.4. The number of alkyl halides is 1. The first-order chi connectivity index (χ1) is 9.69. The van der Waals surface area contributed by atoms with Gasteiger partial charge in [-0.25, -0.2) is 4.79 Å². The highest BCUT2D eigenvalue weighted by molar-refractivity contribution is 14.1. The SMILES string of the molecule is C=C1NC(=O)NC=C1C1OC(CCP(=C)(C)C)[C@@H](O)[C@H]1I. The Morgan fingerprint density at radius 1 is 1.52 bits per heavy atom. The maximum atomic E-state index is 11.2. The lowest BCUT2D eigenvalue weighted by Crippen LogP contribution is -2.40. The predicted molar refractivity (Wildman–Crippen MR) is 96.7 cm³/mol. The van der Waals surface area contributed by atoms with E-state index >= 15 is 0 Å². The zero-order chi connectivity index (χ0) is 15.8. The molecular formula is C14H22IN2O3P. The third-order valence-electron chi connectivity index (χ3n) is 3.61. The van der Waals surface area contributed by atoms with Crippen molar-refractivity contribution in [1.82, 2.24) is 10.6 Å². The van der Waals surface area contributed by atoms with E-state index in [1.165, 1.54) is 0 Å². The van der Waals surface area contributed by atoms with E-state index in [0.29, 0.717) is 5.70 Å². The number of aliphatic hydroxyl groups excluding tert-OH is 1. The number of ether oxygens (including phenoxy) is 1. The van der Waals surface area contributed by atoms with Gasteiger partial charge in [0.25, 0.3) is 0 Å². The van der Waals surface area contributed by atoms with Gasteiger partial charge in [0.2, 0.25) is 0 Å². The van der Waals surface area contributed by atoms with Crippen LogP contribution in [-0.2, 0) is 4.74 Å². The van der Waals surface area contributed by atoms with Crippen molar-refractivity contribution < 1.29 is 14.6 Å². The van der Waals surface area contributed by atoms with E-state index in [0.717, 1.165) is 18.2 Å². The van der Waals surface area contributed by atoms with Crippen molar-refractivity contribution in [2.75, 3.05) is 19.5 Å². The van der Waals surface area contributed by atoms with Gasteiger partial charge in [-0.2, -0.15) is 0 Å². The largest absolute Gasteiger partial charge is 0.389 e. The third kappa shape index (κ3) is 4.12. The molecule has 7 heteroatoms. The zero-order valence-electron chi connectivity index (χ0n) is 12.3. The van der Waals surface area contributed by atoms with Crippen LogP contribution in [-0.4, -0.2) is 59.2 Å². The summed E-state index contributed by atoms with van der Waals surface area (Å²) in [7, 11) is 0. The summed E-state index contributed by atoms with van der Waals surface area (Å²) >= 11 is 2.21. The standard InChI is InChI=1S/C14H22IN2O3P/c1-8-9(7-16-14(19)17-8)13-11(15)12(18)10(20-13)5-6-21(2,3)4/h7,10-13,18H,1-2,5-6H2,3-4H3,(H2,16,17,19)/t10?,11-,12-,13?/m1/s1. The molecule has 21 heavy (non-hydrogen) atoms. The molecule has 2 heterocycles. The molecule has 118 valence electrons. The number of halogens is 1. The van der Waals surface area contributed by atoms with Crippen LogP contribution in [0.1, 0.15) is 6.42 Å². The molecule has 0 saturated carbocycles. The van der Waals surface area contributed by atoms with Crippen LogP contribution in [0.5, 0.6) is 0 Å². The van der Waals surface area contributed by atoms with Crippen LogP contribution in [0.4, 0.5) is 4.79 Å². The summed E-state index contributed by atoms with van der Waals surface area (Å²) in [5, 5.41) is 15.6. The zero-order valence-corrected chi connectivity index (χ0v) is 15.4. The van der Waals surface area contributed by atoms with E-state index in [9.17, 15) is 9.90 Å². The number of carbonyl (C=O) groups excluding carboxylic acids is 1. The Kier molecular flexibility index (Phi) is 5.23. The predicted octanol–water partition coefficient (Wildman–Crippen LogP) is 1.73. The highest BCUT2D eigenvalue weighted by atomic mass is 127. The summed E-state index contributed by atoms with van der Waals surface area (Å²) in [6, 6.07) is -0.299. The van der Waals surface area contributed by atoms with Gasteiger partial charge in [0.05, 0.1) is 16.1 Å². The Bertz CT molecular complexity index is 528. The molecular weight excluding hydrogens is 402 g/mol. The van der Waals surface area contributed by atoms with Crippen molar-refractivity contribution in [2.24, 2.45) is 0 Å². The number of rotatable bonds is 4. The molecule has 1 saturated heterocycles. The van der Waals surface area contributed by atoms with Gasteiger partial charge in [-0.1, -0.05) is 29.2 Å². The van der Waals surface area contributed by atoms with E-state index in [1.807, 2.05) is 0 Å². The van der Waals surface area contributed by atoms with Crippen LogP contribution in [0.2, 0.25) is 0 Å². The first-order valence-corrected chi connectivity index (χ1v) is 11.1. The molecule has 5 nitrogen and oxygen atoms in total. The molecule has 0 spiro atoms. The second-order valence-corrected chi connectivity index (χ2v) is 11.9. The van der Waals surface area contributed by atoms with Crippen molar-refractivity contribution >= 4 is 41.8 Å². The molecule has 3 N–H and O–H groups in total. The van der Waals surface area contributed by atoms with Gasteiger partial charge in [0.15, 0.2) is 0 Å². The fourth-order valence-corrected chi connectivity index (χ4v) is 4.39. The molecule has 1 fully saturated rings. The van der Waals surface area contributed by atoms with Crippen molar-refractivity contribution in [3.63, 3.8) is 0 Å². The molecule has 0 aromatic rings. The lowest BCUT2D eigenvalue weighted by Gasteiger charge is -2.24. The minimum Gasteiger partial charge on any atom is -0.389 e. The van der Waals surface area contributed by atoms with Gasteiger partial charge in [-0.3, -0.25) is 0 Å². The molecule has 4 atom stereocenters. The van der Waals surface area contributed by atoms with Crippen LogP contribution < -0.4 is 10.6 Å². The van der Waals surface area contributed by atoms with Gasteiger partial charge in [0.1, 0.15) is 6.10 Å². The monoisotopic (exact) mass is 424 g/mol. The third-order valence-corrected chi connectivity index (χ3v) is 6.47. The highest BCUT2D eigenvalue weighted by Gasteiger charge is 2.44. The Morgan fingerprint density at radius 2 is 2.19 bits per heavy atom. The molecule has 0 bridgehead atoms. The van der Waals surface area contributed by atoms with Crippen molar-refractivity contribution in [3.05, 3.63) is 24.0 Å². The molecule has 0 aromatic heterocycles. The number of carbonyl (C=O) groups is 1. The average molecular weight is 424 g/mol. The van der Waals surface area contributed by atoms with Gasteiger partial charge in [-0.15, -0.1) is 13.2 Å². The van der Waals surface area contributed by atoms with Crippen LogP contribution in [0.25, 0.3) is 0 Å². The minimum atomic E-state index is -1.13. The smallest absolute Gasteiger partial charge is 0.323 e. The molecule has 2 aliphatic heterocycles. The summed E-state index contributed by atoms with van der Waals surface area (Å²) < 4.78 is 5.97. The topological polar surface area (TPSA) is 70.6 Å². The van der Waals surface area contributed by atoms with Gasteiger partial charge >= 0.3 is 6.03 Å². The van der Waals surface area contributed by atoms with E-state index in [1.54, 1.807) is 6.20 Å². The number of aliphatic hydroxyl groups is 1. The van der Waals surface area contributed by atoms with Gasteiger partial charge < -0.3 is 20.5 Å². The Hall–Kier alpha value is -0.300. The second kappa shape index (κ2) is 6.44.